The molecule has 2 rings (SSSR count). The van der Waals surface area contributed by atoms with Gasteiger partial charge in [-0.15, -0.1) is 0 Å². The van der Waals surface area contributed by atoms with Crippen LogP contribution in [0.15, 0.2) is 12.3 Å². The predicted molar refractivity (Wildman–Crippen MR) is 87.0 cm³/mol. The molecule has 0 aliphatic rings. The Morgan fingerprint density at radius 3 is 2.70 bits per heavy atom. The number of carbonyl (C=O) groups is 1. The Kier molecular flexibility index (Phi) is 5.50. The van der Waals surface area contributed by atoms with Gasteiger partial charge in [0.15, 0.2) is 11.5 Å². The summed E-state index contributed by atoms with van der Waals surface area (Å²) in [5.74, 6) is -1.08. The van der Waals surface area contributed by atoms with Crippen molar-refractivity contribution in [3.63, 3.8) is 0 Å². The Balaban J connectivity index is 2.12. The molecule has 23 heavy (non-hydrogen) atoms. The predicted octanol–water partition coefficient (Wildman–Crippen LogP) is 2.95. The Hall–Kier alpha value is -2.21. The molecule has 6 nitrogen and oxygen atoms in total. The highest BCUT2D eigenvalue weighted by Crippen LogP contribution is 2.37. The monoisotopic (exact) mass is 321 g/mol. The summed E-state index contributed by atoms with van der Waals surface area (Å²) in [5, 5.41) is 29.5. The zero-order chi connectivity index (χ0) is 17.0. The summed E-state index contributed by atoms with van der Waals surface area (Å²) in [7, 11) is 0. The first-order valence-corrected chi connectivity index (χ1v) is 7.85. The minimum atomic E-state index is -0.864. The number of phenols is 2. The molecule has 1 aromatic carbocycles. The zero-order valence-electron chi connectivity index (χ0n) is 13.4. The molecule has 0 radical (unpaired) electrons. The lowest BCUT2D eigenvalue weighted by atomic mass is 10.0. The van der Waals surface area contributed by atoms with Crippen molar-refractivity contribution in [1.82, 2.24) is 4.98 Å². The maximum Gasteiger partial charge on any atom is 0.305 e. The number of aliphatic carboxylic acids is 1. The molecular formula is C17H23NO5. The van der Waals surface area contributed by atoms with Gasteiger partial charge in [-0.1, -0.05) is 13.8 Å². The molecule has 0 saturated heterocycles. The number of ether oxygens (including phenoxy) is 1. The van der Waals surface area contributed by atoms with Crippen molar-refractivity contribution in [2.24, 2.45) is 0 Å². The minimum Gasteiger partial charge on any atom is -0.504 e. The number of nitrogens with one attached hydrogen (secondary N) is 1. The molecule has 126 valence electrons. The number of aromatic amines is 1. The van der Waals surface area contributed by atoms with Crippen LogP contribution in [-0.2, 0) is 22.4 Å². The summed E-state index contributed by atoms with van der Waals surface area (Å²) in [4.78, 5) is 13.9. The highest BCUT2D eigenvalue weighted by molar-refractivity contribution is 5.90. The molecule has 6 heteroatoms. The fourth-order valence-corrected chi connectivity index (χ4v) is 2.77. The van der Waals surface area contributed by atoms with Gasteiger partial charge in [-0.25, -0.2) is 0 Å². The quantitative estimate of drug-likeness (QED) is 0.560. The van der Waals surface area contributed by atoms with Crippen molar-refractivity contribution >= 4 is 16.9 Å². The number of hydrogen-bond acceptors (Lipinski definition) is 4. The second kappa shape index (κ2) is 7.37. The number of benzene rings is 1. The zero-order valence-corrected chi connectivity index (χ0v) is 13.4. The third-order valence-corrected chi connectivity index (χ3v) is 4.05. The first-order valence-electron chi connectivity index (χ1n) is 7.85. The molecule has 2 aromatic rings. The molecule has 0 aliphatic heterocycles. The Morgan fingerprint density at radius 1 is 1.35 bits per heavy atom. The molecule has 1 atom stereocenters. The number of carboxylic acids is 1. The molecule has 0 spiro atoms. The molecular weight excluding hydrogens is 298 g/mol. The van der Waals surface area contributed by atoms with Crippen LogP contribution in [-0.4, -0.2) is 39.0 Å². The first-order chi connectivity index (χ1) is 11.0. The molecule has 0 fully saturated rings. The van der Waals surface area contributed by atoms with Gasteiger partial charge in [0, 0.05) is 17.1 Å². The minimum absolute atomic E-state index is 0.000964. The van der Waals surface area contributed by atoms with Crippen LogP contribution in [0.1, 0.15) is 37.8 Å². The molecule has 1 heterocycles. The summed E-state index contributed by atoms with van der Waals surface area (Å²) >= 11 is 0. The molecule has 0 bridgehead atoms. The van der Waals surface area contributed by atoms with Crippen LogP contribution in [0.25, 0.3) is 10.9 Å². The maximum absolute atomic E-state index is 10.7. The number of aromatic hydroxyl groups is 2. The average Bonchev–Trinajstić information content (AvgIpc) is 2.89. The number of phenolic OH excluding ortho intramolecular Hbond substituents is 2. The van der Waals surface area contributed by atoms with Crippen LogP contribution in [0.2, 0.25) is 0 Å². The molecule has 4 N–H and O–H groups in total. The van der Waals surface area contributed by atoms with Gasteiger partial charge in [-0.2, -0.15) is 0 Å². The molecule has 0 amide bonds. The van der Waals surface area contributed by atoms with Gasteiger partial charge in [-0.05, 0) is 30.9 Å². The number of H-pyrrole nitrogens is 1. The van der Waals surface area contributed by atoms with Crippen molar-refractivity contribution in [1.29, 1.82) is 0 Å². The van der Waals surface area contributed by atoms with E-state index in [1.54, 1.807) is 6.07 Å². The topological polar surface area (TPSA) is 103 Å². The number of aryl methyl sites for hydroxylation is 1. The fraction of sp³-hybridized carbons (Fsp3) is 0.471. The molecule has 0 saturated carbocycles. The van der Waals surface area contributed by atoms with E-state index in [9.17, 15) is 15.0 Å². The van der Waals surface area contributed by atoms with E-state index in [4.69, 9.17) is 9.84 Å². The third-order valence-electron chi connectivity index (χ3n) is 4.05. The van der Waals surface area contributed by atoms with E-state index in [1.165, 1.54) is 0 Å². The summed E-state index contributed by atoms with van der Waals surface area (Å²) in [5.41, 5.74) is 2.47. The van der Waals surface area contributed by atoms with Crippen molar-refractivity contribution in [3.05, 3.63) is 23.4 Å². The average molecular weight is 321 g/mol. The lowest BCUT2D eigenvalue weighted by Gasteiger charge is -2.13. The summed E-state index contributed by atoms with van der Waals surface area (Å²) in [6.45, 7) is 4.21. The first kappa shape index (κ1) is 17.1. The second-order valence-corrected chi connectivity index (χ2v) is 5.56. The van der Waals surface area contributed by atoms with Gasteiger partial charge in [0.1, 0.15) is 0 Å². The number of hydrogen-bond donors (Lipinski definition) is 4. The second-order valence-electron chi connectivity index (χ2n) is 5.56. The van der Waals surface area contributed by atoms with Crippen LogP contribution in [0.4, 0.5) is 0 Å². The van der Waals surface area contributed by atoms with E-state index in [0.29, 0.717) is 31.4 Å². The van der Waals surface area contributed by atoms with E-state index in [-0.39, 0.29) is 24.0 Å². The fourth-order valence-electron chi connectivity index (χ4n) is 2.77. The van der Waals surface area contributed by atoms with Gasteiger partial charge in [0.2, 0.25) is 0 Å². The van der Waals surface area contributed by atoms with Crippen LogP contribution < -0.4 is 0 Å². The van der Waals surface area contributed by atoms with Crippen LogP contribution in [0.5, 0.6) is 11.5 Å². The van der Waals surface area contributed by atoms with E-state index >= 15 is 0 Å². The number of fused-ring (bicyclic) bond motifs is 1. The largest absolute Gasteiger partial charge is 0.504 e. The van der Waals surface area contributed by atoms with Crippen LogP contribution >= 0.6 is 0 Å². The normalized spacial score (nSPS) is 12.6. The van der Waals surface area contributed by atoms with E-state index in [0.717, 1.165) is 16.5 Å². The van der Waals surface area contributed by atoms with E-state index in [1.807, 2.05) is 20.0 Å². The lowest BCUT2D eigenvalue weighted by molar-refractivity contribution is -0.140. The Labute approximate surface area is 134 Å². The van der Waals surface area contributed by atoms with Gasteiger partial charge < -0.3 is 25.0 Å². The summed E-state index contributed by atoms with van der Waals surface area (Å²) in [6, 6.07) is 1.55. The van der Waals surface area contributed by atoms with Gasteiger partial charge >= 0.3 is 5.97 Å². The summed E-state index contributed by atoms with van der Waals surface area (Å²) in [6.07, 6.45) is 3.40. The van der Waals surface area contributed by atoms with Crippen molar-refractivity contribution < 1.29 is 24.9 Å². The maximum atomic E-state index is 10.7. The van der Waals surface area contributed by atoms with Crippen LogP contribution in [0.3, 0.4) is 0 Å². The Morgan fingerprint density at radius 2 is 2.09 bits per heavy atom. The third kappa shape index (κ3) is 3.76. The molecule has 1 aromatic heterocycles. The smallest absolute Gasteiger partial charge is 0.305 e. The van der Waals surface area contributed by atoms with Crippen molar-refractivity contribution in [2.45, 2.75) is 45.6 Å². The molecule has 1 unspecified atom stereocenters. The SMILES string of the molecule is CCc1c(O)c(O)cc2c(CCOC(CC)CC(=O)O)c[nH]c12. The number of rotatable bonds is 8. The van der Waals surface area contributed by atoms with Gasteiger partial charge in [-0.3, -0.25) is 4.79 Å². The Bertz CT molecular complexity index is 692. The van der Waals surface area contributed by atoms with E-state index < -0.39 is 5.97 Å². The van der Waals surface area contributed by atoms with Crippen molar-refractivity contribution in [2.75, 3.05) is 6.61 Å². The van der Waals surface area contributed by atoms with Crippen LogP contribution in [0, 0.1) is 0 Å². The van der Waals surface area contributed by atoms with Crippen molar-refractivity contribution in [3.8, 4) is 11.5 Å². The lowest BCUT2D eigenvalue weighted by Crippen LogP contribution is -2.18. The summed E-state index contributed by atoms with van der Waals surface area (Å²) < 4.78 is 5.63. The number of aromatic nitrogens is 1. The van der Waals surface area contributed by atoms with Gasteiger partial charge in [0.05, 0.1) is 24.6 Å². The van der Waals surface area contributed by atoms with E-state index in [2.05, 4.69) is 4.98 Å². The highest BCUT2D eigenvalue weighted by atomic mass is 16.5. The highest BCUT2D eigenvalue weighted by Gasteiger charge is 2.16. The molecule has 0 aliphatic carbocycles. The number of carboxylic acid groups (broad SMARTS) is 1. The standard InChI is InChI=1S/C17H23NO5/c1-3-11(7-15(20)21)23-6-5-10-9-18-16-12(4-2)17(22)14(19)8-13(10)16/h8-9,11,18-19,22H,3-7H2,1-2H3,(H,20,21). The van der Waals surface area contributed by atoms with Gasteiger partial charge in [0.25, 0.3) is 0 Å².